The number of aryl methyl sites for hydroxylation is 2. The van der Waals surface area contributed by atoms with Crippen molar-refractivity contribution in [2.75, 3.05) is 0 Å². The molecule has 11 rings (SSSR count). The second kappa shape index (κ2) is 11.7. The molecule has 0 radical (unpaired) electrons. The Bertz CT molecular complexity index is 3010. The predicted molar refractivity (Wildman–Crippen MR) is 199 cm³/mol. The van der Waals surface area contributed by atoms with Gasteiger partial charge in [0, 0.05) is 34.0 Å². The Morgan fingerprint density at radius 1 is 0.620 bits per heavy atom. The maximum Gasteiger partial charge on any atom is 3.00 e. The van der Waals surface area contributed by atoms with E-state index in [1.807, 2.05) is 70.8 Å². The van der Waals surface area contributed by atoms with Crippen LogP contribution in [0.5, 0.6) is 0 Å². The molecule has 4 aromatic heterocycles. The molecule has 6 heteroatoms. The van der Waals surface area contributed by atoms with Gasteiger partial charge in [-0.1, -0.05) is 72.4 Å². The number of hydrogen-bond acceptors (Lipinski definition) is 1. The monoisotopic (exact) mass is 820 g/mol. The first kappa shape index (κ1) is 30.3. The van der Waals surface area contributed by atoms with Crippen LogP contribution in [-0.4, -0.2) is 18.5 Å². The fourth-order valence-electron chi connectivity index (χ4n) is 7.70. The van der Waals surface area contributed by atoms with Crippen molar-refractivity contribution in [1.29, 1.82) is 0 Å². The van der Waals surface area contributed by atoms with Gasteiger partial charge in [-0.15, -0.1) is 35.9 Å². The van der Waals surface area contributed by atoms with Gasteiger partial charge in [-0.25, -0.2) is 0 Å². The van der Waals surface area contributed by atoms with Crippen LogP contribution < -0.4 is 4.57 Å². The molecule has 0 aliphatic heterocycles. The van der Waals surface area contributed by atoms with Crippen molar-refractivity contribution in [3.63, 3.8) is 0 Å². The third kappa shape index (κ3) is 4.36. The van der Waals surface area contributed by atoms with Crippen molar-refractivity contribution in [3.05, 3.63) is 158 Å². The van der Waals surface area contributed by atoms with Gasteiger partial charge in [-0.3, -0.25) is 4.98 Å². The molecule has 238 valence electrons. The quantitative estimate of drug-likeness (QED) is 0.126. The summed E-state index contributed by atoms with van der Waals surface area (Å²) in [7, 11) is 4.13. The van der Waals surface area contributed by atoms with Crippen LogP contribution in [0.4, 0.5) is 0 Å². The minimum Gasteiger partial charge on any atom is -0.366 e. The second-order valence-corrected chi connectivity index (χ2v) is 12.6. The van der Waals surface area contributed by atoms with Crippen LogP contribution in [0.15, 0.2) is 140 Å². The van der Waals surface area contributed by atoms with Crippen molar-refractivity contribution >= 4 is 70.9 Å². The van der Waals surface area contributed by atoms with E-state index in [-0.39, 0.29) is 20.1 Å². The SMILES string of the molecule is C[n+]1[c-]n(-c2[c-]cccc2)c2ccccc21.Cn1c(-c2[c-]cccc2)nc2ccc3cc4c5ccccc5n5c6ccccc6c(c3c21)c45.[Ir+3]. The number of benzene rings is 7. The zero-order chi connectivity index (χ0) is 32.6. The predicted octanol–water partition coefficient (Wildman–Crippen LogP) is 9.40. The smallest absolute Gasteiger partial charge is 0.366 e. The van der Waals surface area contributed by atoms with Gasteiger partial charge in [-0.05, 0) is 29.7 Å². The topological polar surface area (TPSA) is 31.0 Å². The zero-order valence-electron chi connectivity index (χ0n) is 27.3. The Morgan fingerprint density at radius 3 is 2.06 bits per heavy atom. The van der Waals surface area contributed by atoms with Gasteiger partial charge in [0.1, 0.15) is 0 Å². The van der Waals surface area contributed by atoms with Crippen molar-refractivity contribution < 1.29 is 24.7 Å². The molecule has 0 atom stereocenters. The van der Waals surface area contributed by atoms with E-state index in [4.69, 9.17) is 4.98 Å². The Hall–Kier alpha value is -5.81. The molecular formula is C44H29IrN5+. The van der Waals surface area contributed by atoms with Crippen LogP contribution in [0.3, 0.4) is 0 Å². The Labute approximate surface area is 301 Å². The summed E-state index contributed by atoms with van der Waals surface area (Å²) in [4.78, 5) is 5.03. The Kier molecular flexibility index (Phi) is 7.06. The number of para-hydroxylation sites is 5. The van der Waals surface area contributed by atoms with E-state index in [0.29, 0.717) is 0 Å². The molecular weight excluding hydrogens is 791 g/mol. The number of fused-ring (bicyclic) bond motifs is 11. The molecule has 0 unspecified atom stereocenters. The Morgan fingerprint density at radius 2 is 1.30 bits per heavy atom. The van der Waals surface area contributed by atoms with Crippen molar-refractivity contribution in [2.45, 2.75) is 0 Å². The fraction of sp³-hybridized carbons (Fsp3) is 0.0455. The van der Waals surface area contributed by atoms with Crippen molar-refractivity contribution in [1.82, 2.24) is 18.5 Å². The third-order valence-electron chi connectivity index (χ3n) is 9.80. The van der Waals surface area contributed by atoms with Gasteiger partial charge in [0.05, 0.1) is 51.5 Å². The van der Waals surface area contributed by atoms with Crippen LogP contribution in [0, 0.1) is 18.5 Å². The number of hydrogen-bond donors (Lipinski definition) is 0. The van der Waals surface area contributed by atoms with Gasteiger partial charge in [0.25, 0.3) is 0 Å². The van der Waals surface area contributed by atoms with Gasteiger partial charge in [0.2, 0.25) is 6.33 Å². The third-order valence-corrected chi connectivity index (χ3v) is 9.80. The van der Waals surface area contributed by atoms with Crippen LogP contribution in [0.1, 0.15) is 0 Å². The molecule has 0 aliphatic carbocycles. The average Bonchev–Trinajstić information content (AvgIpc) is 3.89. The van der Waals surface area contributed by atoms with Crippen LogP contribution >= 0.6 is 0 Å². The van der Waals surface area contributed by atoms with E-state index >= 15 is 0 Å². The van der Waals surface area contributed by atoms with Crippen LogP contribution in [-0.2, 0) is 34.2 Å². The minimum atomic E-state index is 0. The summed E-state index contributed by atoms with van der Waals surface area (Å²) in [6, 6.07) is 55.1. The first-order chi connectivity index (χ1) is 24.2. The van der Waals surface area contributed by atoms with Crippen molar-refractivity contribution in [2.24, 2.45) is 14.1 Å². The fourth-order valence-corrected chi connectivity index (χ4v) is 7.70. The molecule has 4 heterocycles. The zero-order valence-corrected chi connectivity index (χ0v) is 29.7. The molecule has 0 spiro atoms. The summed E-state index contributed by atoms with van der Waals surface area (Å²) in [6.07, 6.45) is 3.27. The van der Waals surface area contributed by atoms with Crippen molar-refractivity contribution in [3.8, 4) is 17.1 Å². The molecule has 0 N–H and O–H groups in total. The van der Waals surface area contributed by atoms with Gasteiger partial charge in [-0.2, -0.15) is 30.3 Å². The second-order valence-electron chi connectivity index (χ2n) is 12.6. The first-order valence-electron chi connectivity index (χ1n) is 16.5. The maximum absolute atomic E-state index is 5.03. The molecule has 0 aliphatic rings. The minimum absolute atomic E-state index is 0. The number of aromatic nitrogens is 5. The van der Waals surface area contributed by atoms with Crippen LogP contribution in [0.2, 0.25) is 0 Å². The van der Waals surface area contributed by atoms with E-state index in [0.717, 1.165) is 28.1 Å². The number of rotatable bonds is 2. The first-order valence-corrected chi connectivity index (χ1v) is 16.5. The van der Waals surface area contributed by atoms with E-state index in [1.165, 1.54) is 59.9 Å². The molecule has 0 amide bonds. The molecule has 5 nitrogen and oxygen atoms in total. The Balaban J connectivity index is 0.000000167. The molecule has 0 bridgehead atoms. The summed E-state index contributed by atoms with van der Waals surface area (Å²) in [6.45, 7) is 0. The van der Waals surface area contributed by atoms with Gasteiger partial charge in [0.15, 0.2) is 0 Å². The number of imidazole rings is 2. The maximum atomic E-state index is 5.03. The molecule has 50 heavy (non-hydrogen) atoms. The molecule has 0 fully saturated rings. The molecule has 0 saturated carbocycles. The summed E-state index contributed by atoms with van der Waals surface area (Å²) >= 11 is 0. The van der Waals surface area contributed by atoms with E-state index in [9.17, 15) is 0 Å². The van der Waals surface area contributed by atoms with Gasteiger partial charge < -0.3 is 18.1 Å². The summed E-state index contributed by atoms with van der Waals surface area (Å²) in [5, 5.41) is 7.72. The average molecular weight is 820 g/mol. The summed E-state index contributed by atoms with van der Waals surface area (Å²) in [5.74, 6) is 0.942. The standard InChI is InChI=1S/C30H18N3.C14H11N2.Ir/c1-32-29-23(31-30(32)18-9-3-2-4-10-18)16-15-19-17-22-20-11-5-7-13-24(20)33-25-14-8-6-12-21(25)27(26(19)29)28(22)33;1-15-11-16(12-7-3-2-4-8-12)14-10-6-5-9-13(14)15;/h2-9,11-17H,1H3;2-7,9-10H,1H3;/q2*-1;+3. The number of nitrogens with zero attached hydrogens (tertiary/aromatic N) is 5. The molecule has 7 aromatic carbocycles. The van der Waals surface area contributed by atoms with E-state index < -0.39 is 0 Å². The summed E-state index contributed by atoms with van der Waals surface area (Å²) in [5.41, 5.74) is 10.3. The summed E-state index contributed by atoms with van der Waals surface area (Å²) < 4.78 is 8.70. The normalized spacial score (nSPS) is 11.6. The largest absolute Gasteiger partial charge is 3.00 e. The van der Waals surface area contributed by atoms with Crippen LogP contribution in [0.25, 0.3) is 88.0 Å². The molecule has 11 aromatic rings. The van der Waals surface area contributed by atoms with E-state index in [2.05, 4.69) is 119 Å². The van der Waals surface area contributed by atoms with Gasteiger partial charge >= 0.3 is 20.1 Å². The van der Waals surface area contributed by atoms with E-state index in [1.54, 1.807) is 0 Å². The molecule has 0 saturated heterocycles.